The first-order valence-electron chi connectivity index (χ1n) is 9.31. The van der Waals surface area contributed by atoms with Gasteiger partial charge in [0.05, 0.1) is 10.6 Å². The number of sulfonamides is 1. The molecule has 0 aliphatic heterocycles. The van der Waals surface area contributed by atoms with E-state index in [-0.39, 0.29) is 20.6 Å². The van der Waals surface area contributed by atoms with Crippen molar-refractivity contribution in [2.45, 2.75) is 11.8 Å². The molecule has 0 amide bonds. The lowest BCUT2D eigenvalue weighted by molar-refractivity contribution is 0.373. The second-order valence-corrected chi connectivity index (χ2v) is 11.4. The molecule has 2 N–H and O–H groups in total. The number of rotatable bonds is 6. The number of halogens is 2. The molecular formula is C20H16Cl2N3O6PS. The van der Waals surface area contributed by atoms with Crippen molar-refractivity contribution in [2.24, 2.45) is 0 Å². The average molecular weight is 528 g/mol. The third kappa shape index (κ3) is 4.91. The molecule has 4 rings (SSSR count). The number of aryl methyl sites for hydroxylation is 1. The number of aromatic nitrogens is 2. The van der Waals surface area contributed by atoms with Crippen molar-refractivity contribution < 1.29 is 27.3 Å². The fourth-order valence-corrected chi connectivity index (χ4v) is 6.79. The fraction of sp³-hybridized carbons (Fsp3) is 0.100. The van der Waals surface area contributed by atoms with Gasteiger partial charge in [0.2, 0.25) is 11.7 Å². The first kappa shape index (κ1) is 23.7. The van der Waals surface area contributed by atoms with Gasteiger partial charge in [0, 0.05) is 27.9 Å². The van der Waals surface area contributed by atoms with Crippen molar-refractivity contribution in [1.82, 2.24) is 10.1 Å². The van der Waals surface area contributed by atoms with Gasteiger partial charge in [-0.25, -0.2) is 8.42 Å². The molecular weight excluding hydrogens is 512 g/mol. The maximum absolute atomic E-state index is 13.5. The number of nitrogens with zero attached hydrogens (tertiary/aromatic N) is 3. The largest absolute Gasteiger partial charge is 0.345 e. The van der Waals surface area contributed by atoms with E-state index < -0.39 is 23.9 Å². The first-order valence-corrected chi connectivity index (χ1v) is 13.3. The smallest absolute Gasteiger partial charge is 0.339 e. The van der Waals surface area contributed by atoms with Crippen LogP contribution in [-0.4, -0.2) is 34.6 Å². The third-order valence-electron chi connectivity index (χ3n) is 4.67. The van der Waals surface area contributed by atoms with Crippen LogP contribution in [0.2, 0.25) is 10.0 Å². The lowest BCUT2D eigenvalue weighted by atomic mass is 10.0. The van der Waals surface area contributed by atoms with Gasteiger partial charge >= 0.3 is 7.60 Å². The number of hydrogen-bond acceptors (Lipinski definition) is 6. The van der Waals surface area contributed by atoms with Gasteiger partial charge in [-0.3, -0.25) is 8.87 Å². The Morgan fingerprint density at radius 1 is 1.03 bits per heavy atom. The Bertz CT molecular complexity index is 1500. The van der Waals surface area contributed by atoms with E-state index in [4.69, 9.17) is 27.7 Å². The van der Waals surface area contributed by atoms with Crippen LogP contribution in [0.15, 0.2) is 64.0 Å². The Labute approximate surface area is 198 Å². The zero-order valence-electron chi connectivity index (χ0n) is 16.9. The molecule has 172 valence electrons. The highest BCUT2D eigenvalue weighted by Gasteiger charge is 2.33. The van der Waals surface area contributed by atoms with Gasteiger partial charge in [0.25, 0.3) is 10.0 Å². The molecule has 9 nitrogen and oxygen atoms in total. The van der Waals surface area contributed by atoms with Gasteiger partial charge in [-0.1, -0.05) is 58.7 Å². The summed E-state index contributed by atoms with van der Waals surface area (Å²) in [6.45, 7) is 1.64. The lowest BCUT2D eigenvalue weighted by Crippen LogP contribution is -2.32. The summed E-state index contributed by atoms with van der Waals surface area (Å²) in [7, 11) is -9.31. The highest BCUT2D eigenvalue weighted by molar-refractivity contribution is 7.93. The van der Waals surface area contributed by atoms with Crippen LogP contribution in [-0.2, 0) is 14.6 Å². The molecule has 0 radical (unpaired) electrons. The van der Waals surface area contributed by atoms with Crippen molar-refractivity contribution in [3.63, 3.8) is 0 Å². The minimum absolute atomic E-state index is 0.0500. The molecule has 13 heteroatoms. The van der Waals surface area contributed by atoms with E-state index in [0.29, 0.717) is 32.4 Å². The predicted molar refractivity (Wildman–Crippen MR) is 125 cm³/mol. The summed E-state index contributed by atoms with van der Waals surface area (Å²) in [5, 5.41) is 5.00. The van der Waals surface area contributed by atoms with Gasteiger partial charge in [-0.2, -0.15) is 4.98 Å². The van der Waals surface area contributed by atoms with Crippen LogP contribution in [0.25, 0.3) is 22.2 Å². The quantitative estimate of drug-likeness (QED) is 0.340. The van der Waals surface area contributed by atoms with Crippen molar-refractivity contribution >= 4 is 57.3 Å². The predicted octanol–water partition coefficient (Wildman–Crippen LogP) is 4.84. The molecule has 33 heavy (non-hydrogen) atoms. The van der Waals surface area contributed by atoms with E-state index in [1.54, 1.807) is 37.3 Å². The van der Waals surface area contributed by atoms with E-state index in [1.807, 2.05) is 0 Å². The topological polar surface area (TPSA) is 134 Å². The fourth-order valence-electron chi connectivity index (χ4n) is 3.37. The number of fused-ring (bicyclic) bond motifs is 1. The molecule has 0 unspecified atom stereocenters. The third-order valence-corrected chi connectivity index (χ3v) is 7.69. The monoisotopic (exact) mass is 527 g/mol. The van der Waals surface area contributed by atoms with Crippen LogP contribution in [0, 0.1) is 6.92 Å². The molecule has 1 aromatic heterocycles. The lowest BCUT2D eigenvalue weighted by Gasteiger charge is -2.26. The van der Waals surface area contributed by atoms with Gasteiger partial charge < -0.3 is 14.3 Å². The Morgan fingerprint density at radius 3 is 2.27 bits per heavy atom. The first-order chi connectivity index (χ1) is 15.5. The second kappa shape index (κ2) is 8.72. The Morgan fingerprint density at radius 2 is 1.67 bits per heavy atom. The van der Waals surface area contributed by atoms with E-state index in [9.17, 15) is 22.8 Å². The average Bonchev–Trinajstić information content (AvgIpc) is 3.16. The SMILES string of the molecule is Cc1nc(-c2cccc3c(N(CP(=O)(O)O)S(=O)(=O)c4cc(Cl)cc(Cl)c4)cccc23)no1. The van der Waals surface area contributed by atoms with Gasteiger partial charge in [-0.15, -0.1) is 0 Å². The Balaban J connectivity index is 1.97. The molecule has 0 saturated heterocycles. The van der Waals surface area contributed by atoms with Crippen LogP contribution < -0.4 is 4.31 Å². The zero-order chi connectivity index (χ0) is 24.0. The van der Waals surface area contributed by atoms with Crippen LogP contribution >= 0.6 is 30.8 Å². The maximum Gasteiger partial charge on any atom is 0.345 e. The summed E-state index contributed by atoms with van der Waals surface area (Å²) in [5.74, 6) is 0.642. The minimum Gasteiger partial charge on any atom is -0.339 e. The summed E-state index contributed by atoms with van der Waals surface area (Å²) < 4.78 is 44.7. The number of hydrogen-bond donors (Lipinski definition) is 2. The van der Waals surface area contributed by atoms with Gasteiger partial charge in [0.15, 0.2) is 0 Å². The summed E-state index contributed by atoms with van der Waals surface area (Å²) in [4.78, 5) is 23.3. The van der Waals surface area contributed by atoms with Gasteiger partial charge in [0.1, 0.15) is 6.29 Å². The summed E-state index contributed by atoms with van der Waals surface area (Å²) in [6, 6.07) is 13.4. The summed E-state index contributed by atoms with van der Waals surface area (Å²) in [5.41, 5.74) is 0.611. The molecule has 3 aromatic carbocycles. The molecule has 0 atom stereocenters. The van der Waals surface area contributed by atoms with Crippen LogP contribution in [0.1, 0.15) is 5.89 Å². The molecule has 0 aliphatic rings. The minimum atomic E-state index is -4.83. The molecule has 0 aliphatic carbocycles. The highest BCUT2D eigenvalue weighted by atomic mass is 35.5. The van der Waals surface area contributed by atoms with Gasteiger partial charge in [-0.05, 0) is 29.7 Å². The molecule has 0 bridgehead atoms. The molecule has 0 spiro atoms. The second-order valence-electron chi connectivity index (χ2n) is 7.08. The summed E-state index contributed by atoms with van der Waals surface area (Å²) in [6.07, 6.45) is -1.09. The van der Waals surface area contributed by atoms with Crippen molar-refractivity contribution in [1.29, 1.82) is 0 Å². The highest BCUT2D eigenvalue weighted by Crippen LogP contribution is 2.42. The Kier molecular flexibility index (Phi) is 6.26. The van der Waals surface area contributed by atoms with Crippen LogP contribution in [0.5, 0.6) is 0 Å². The van der Waals surface area contributed by atoms with Crippen molar-refractivity contribution in [3.05, 3.63) is 70.5 Å². The van der Waals surface area contributed by atoms with Crippen molar-refractivity contribution in [3.8, 4) is 11.4 Å². The molecule has 0 saturated carbocycles. The molecule has 1 heterocycles. The zero-order valence-corrected chi connectivity index (χ0v) is 20.1. The number of anilines is 1. The van der Waals surface area contributed by atoms with E-state index in [2.05, 4.69) is 10.1 Å². The maximum atomic E-state index is 13.5. The standard InChI is InChI=1S/C20H16Cl2N3O6PS/c1-12-23-20(24-31-12)18-6-2-5-17-16(18)4-3-7-19(17)25(11-32(26,27)28)33(29,30)15-9-13(21)8-14(22)10-15/h2-10H,11H2,1H3,(H2,26,27,28). The molecule has 4 aromatic rings. The van der Waals surface area contributed by atoms with Crippen molar-refractivity contribution in [2.75, 3.05) is 10.6 Å². The van der Waals surface area contributed by atoms with E-state index in [0.717, 1.165) is 12.1 Å². The summed E-state index contributed by atoms with van der Waals surface area (Å²) >= 11 is 12.0. The van der Waals surface area contributed by atoms with E-state index in [1.165, 1.54) is 12.1 Å². The molecule has 0 fully saturated rings. The normalized spacial score (nSPS) is 12.3. The van der Waals surface area contributed by atoms with E-state index >= 15 is 0 Å². The number of benzene rings is 3. The Hall–Kier alpha value is -2.46. The van der Waals surface area contributed by atoms with Crippen LogP contribution in [0.4, 0.5) is 5.69 Å². The van der Waals surface area contributed by atoms with Crippen LogP contribution in [0.3, 0.4) is 0 Å².